The van der Waals surface area contributed by atoms with Crippen LogP contribution in [-0.4, -0.2) is 19.3 Å². The first-order valence-corrected chi connectivity index (χ1v) is 13.7. The van der Waals surface area contributed by atoms with E-state index in [9.17, 15) is 0 Å². The molecule has 0 spiro atoms. The molecular formula is C16H23Cl2N2Zr-. The number of rotatable bonds is 3. The Morgan fingerprint density at radius 3 is 2.57 bits per heavy atom. The van der Waals surface area contributed by atoms with Crippen LogP contribution < -0.4 is 0 Å². The molecule has 1 saturated carbocycles. The van der Waals surface area contributed by atoms with Gasteiger partial charge in [-0.2, -0.15) is 0 Å². The summed E-state index contributed by atoms with van der Waals surface area (Å²) in [4.78, 5) is 4.80. The third-order valence-electron chi connectivity index (χ3n) is 3.96. The number of benzene rings is 1. The third kappa shape index (κ3) is 6.42. The van der Waals surface area contributed by atoms with Crippen LogP contribution in [0, 0.1) is 12.8 Å². The van der Waals surface area contributed by atoms with Gasteiger partial charge in [-0.1, -0.05) is 43.5 Å². The fourth-order valence-electron chi connectivity index (χ4n) is 2.79. The van der Waals surface area contributed by atoms with Gasteiger partial charge in [0.15, 0.2) is 0 Å². The van der Waals surface area contributed by atoms with E-state index >= 15 is 0 Å². The van der Waals surface area contributed by atoms with Gasteiger partial charge < -0.3 is 5.32 Å². The molecule has 2 unspecified atom stereocenters. The molecule has 0 amide bonds. The average molecular weight is 406 g/mol. The molecule has 0 aromatic heterocycles. The Kier molecular flexibility index (Phi) is 9.88. The van der Waals surface area contributed by atoms with Gasteiger partial charge in [0.2, 0.25) is 0 Å². The molecule has 0 bridgehead atoms. The first-order valence-electron chi connectivity index (χ1n) is 7.33. The number of hydrogen-bond acceptors (Lipinski definition) is 1. The van der Waals surface area contributed by atoms with E-state index in [1.807, 2.05) is 13.3 Å². The van der Waals surface area contributed by atoms with Crippen molar-refractivity contribution in [2.45, 2.75) is 45.6 Å². The van der Waals surface area contributed by atoms with E-state index in [0.717, 1.165) is 17.2 Å². The molecule has 1 fully saturated rings. The predicted octanol–water partition coefficient (Wildman–Crippen LogP) is 6.00. The molecule has 21 heavy (non-hydrogen) atoms. The molecule has 0 heterocycles. The van der Waals surface area contributed by atoms with Crippen molar-refractivity contribution in [3.63, 3.8) is 0 Å². The standard InChI is InChI=1S/C16H23N2.2ClH.Zr/c1-12-7-4-5-10-15(12)18-11-14-9-6-8-13(2)16(14)17-3;;;/h6,8-9,11-12,15H,4-5,7,10H2,1-3H3;2*1H;/q-1;;;+2/p-2. The number of hydrogen-bond donors (Lipinski definition) is 0. The first kappa shape index (κ1) is 19.2. The van der Waals surface area contributed by atoms with Gasteiger partial charge in [0.05, 0.1) is 6.04 Å². The summed E-state index contributed by atoms with van der Waals surface area (Å²) in [5.74, 6) is 0.724. The van der Waals surface area contributed by atoms with Crippen LogP contribution >= 0.6 is 17.0 Å². The topological polar surface area (TPSA) is 26.5 Å². The summed E-state index contributed by atoms with van der Waals surface area (Å²) < 4.78 is 0. The molecule has 0 radical (unpaired) electrons. The van der Waals surface area contributed by atoms with Gasteiger partial charge in [0.1, 0.15) is 0 Å². The number of aryl methyl sites for hydroxylation is 1. The van der Waals surface area contributed by atoms with Gasteiger partial charge in [-0.15, -0.1) is 12.7 Å². The van der Waals surface area contributed by atoms with Crippen molar-refractivity contribution in [2.75, 3.05) is 7.05 Å². The molecule has 2 nitrogen and oxygen atoms in total. The van der Waals surface area contributed by atoms with Crippen LogP contribution in [0.4, 0.5) is 5.69 Å². The molecule has 1 aliphatic carbocycles. The number of para-hydroxylation sites is 1. The molecule has 1 aromatic rings. The molecular weight excluding hydrogens is 382 g/mol. The van der Waals surface area contributed by atoms with Crippen LogP contribution in [0.5, 0.6) is 0 Å². The summed E-state index contributed by atoms with van der Waals surface area (Å²) in [6.07, 6.45) is 7.28. The molecule has 1 aliphatic rings. The van der Waals surface area contributed by atoms with E-state index in [-0.39, 0.29) is 0 Å². The van der Waals surface area contributed by atoms with E-state index < -0.39 is 20.8 Å². The van der Waals surface area contributed by atoms with Gasteiger partial charge in [-0.05, 0) is 31.2 Å². The summed E-state index contributed by atoms with van der Waals surface area (Å²) in [5.41, 5.74) is 3.44. The molecule has 2 rings (SSSR count). The van der Waals surface area contributed by atoms with Gasteiger partial charge >= 0.3 is 37.9 Å². The molecule has 116 valence electrons. The average Bonchev–Trinajstić information content (AvgIpc) is 2.47. The monoisotopic (exact) mass is 403 g/mol. The summed E-state index contributed by atoms with van der Waals surface area (Å²) >= 11 is -0.826. The molecule has 5 heteroatoms. The summed E-state index contributed by atoms with van der Waals surface area (Å²) in [5, 5.41) is 4.36. The number of aliphatic imine (C=N–C) groups is 1. The fraction of sp³-hybridized carbons (Fsp3) is 0.562. The van der Waals surface area contributed by atoms with Crippen molar-refractivity contribution in [3.05, 3.63) is 34.6 Å². The number of nitrogens with zero attached hydrogens (tertiary/aromatic N) is 2. The Hall–Kier alpha value is 0.153. The Morgan fingerprint density at radius 2 is 1.95 bits per heavy atom. The SMILES string of the molecule is C[N-]c1c(C)cccc1C=NC1CCCCC1C.[Cl][Zr][Cl]. The van der Waals surface area contributed by atoms with E-state index in [1.54, 1.807) is 0 Å². The van der Waals surface area contributed by atoms with Crippen LogP contribution in [0.2, 0.25) is 0 Å². The minimum absolute atomic E-state index is 0.504. The summed E-state index contributed by atoms with van der Waals surface area (Å²) in [7, 11) is 11.7. The maximum absolute atomic E-state index is 4.93. The number of halogens is 2. The minimum atomic E-state index is -0.826. The quantitative estimate of drug-likeness (QED) is 0.551. The van der Waals surface area contributed by atoms with Crippen LogP contribution in [-0.2, 0) is 20.8 Å². The van der Waals surface area contributed by atoms with E-state index in [2.05, 4.69) is 37.4 Å². The fourth-order valence-corrected chi connectivity index (χ4v) is 2.79. The van der Waals surface area contributed by atoms with Crippen molar-refractivity contribution in [2.24, 2.45) is 10.9 Å². The first-order chi connectivity index (χ1) is 10.1. The summed E-state index contributed by atoms with van der Waals surface area (Å²) in [6.45, 7) is 4.42. The van der Waals surface area contributed by atoms with E-state index in [0.29, 0.717) is 6.04 Å². The third-order valence-corrected chi connectivity index (χ3v) is 3.96. The zero-order chi connectivity index (χ0) is 15.7. The molecule has 1 aromatic carbocycles. The van der Waals surface area contributed by atoms with Gasteiger partial charge in [0.25, 0.3) is 0 Å². The normalized spacial score (nSPS) is 21.6. The van der Waals surface area contributed by atoms with E-state index in [1.165, 1.54) is 31.2 Å². The van der Waals surface area contributed by atoms with Crippen molar-refractivity contribution >= 4 is 28.9 Å². The second kappa shape index (κ2) is 10.8. The Morgan fingerprint density at radius 1 is 1.29 bits per heavy atom. The molecule has 0 aliphatic heterocycles. The maximum atomic E-state index is 4.93. The summed E-state index contributed by atoms with van der Waals surface area (Å²) in [6, 6.07) is 6.79. The second-order valence-corrected chi connectivity index (χ2v) is 9.15. The van der Waals surface area contributed by atoms with Crippen LogP contribution in [0.25, 0.3) is 5.32 Å². The molecule has 0 N–H and O–H groups in total. The van der Waals surface area contributed by atoms with Crippen LogP contribution in [0.15, 0.2) is 23.2 Å². The predicted molar refractivity (Wildman–Crippen MR) is 90.8 cm³/mol. The Balaban J connectivity index is 0.000000677. The van der Waals surface area contributed by atoms with E-state index in [4.69, 9.17) is 22.0 Å². The van der Waals surface area contributed by atoms with Crippen LogP contribution in [0.1, 0.15) is 43.7 Å². The van der Waals surface area contributed by atoms with Gasteiger partial charge in [-0.3, -0.25) is 4.99 Å². The van der Waals surface area contributed by atoms with Gasteiger partial charge in [-0.25, -0.2) is 0 Å². The van der Waals surface area contributed by atoms with Crippen molar-refractivity contribution < 1.29 is 20.8 Å². The zero-order valence-corrected chi connectivity index (χ0v) is 16.9. The molecule has 2 atom stereocenters. The second-order valence-electron chi connectivity index (χ2n) is 5.42. The van der Waals surface area contributed by atoms with Crippen LogP contribution in [0.3, 0.4) is 0 Å². The van der Waals surface area contributed by atoms with Crippen molar-refractivity contribution in [3.8, 4) is 0 Å². The Bertz CT molecular complexity index is 452. The zero-order valence-electron chi connectivity index (χ0n) is 12.9. The van der Waals surface area contributed by atoms with Crippen molar-refractivity contribution in [1.82, 2.24) is 0 Å². The Labute approximate surface area is 147 Å². The van der Waals surface area contributed by atoms with Gasteiger partial charge in [0, 0.05) is 6.21 Å². The molecule has 0 saturated heterocycles. The van der Waals surface area contributed by atoms with Crippen molar-refractivity contribution in [1.29, 1.82) is 0 Å².